The maximum atomic E-state index is 13.6. The van der Waals surface area contributed by atoms with Crippen LogP contribution in [0.2, 0.25) is 0 Å². The highest BCUT2D eigenvalue weighted by atomic mass is 16.7. The van der Waals surface area contributed by atoms with Crippen LogP contribution in [0, 0.1) is 5.92 Å². The average Bonchev–Trinajstić information content (AvgIpc) is 3.77. The molecule has 538 valence electrons. The van der Waals surface area contributed by atoms with Gasteiger partial charge in [-0.25, -0.2) is 0 Å². The second-order valence-electron chi connectivity index (χ2n) is 25.7. The first-order valence-electron chi connectivity index (χ1n) is 37.6. The highest BCUT2D eigenvalue weighted by Crippen LogP contribution is 2.17. The molecule has 0 radical (unpaired) electrons. The van der Waals surface area contributed by atoms with E-state index >= 15 is 0 Å². The van der Waals surface area contributed by atoms with Crippen molar-refractivity contribution < 1.29 is 57.1 Å². The standard InChI is InChI=1S/C72H143N7O12/c1-9-15-21-30-52-84-69(85-53-31-22-16-10-2)60-73-65(80)40-44-78(45-41-66(81)74-61-70(86-54-32-23-17-11-3)87-55-33-24-18-12-4)50-48-77(8)49-51-79-46-42-67(82)75-62-71(88-56-34-25-19-13-5)90-58-36-27-28-38-64(7)39-29-37-59-91-72(63-76-68(83)43-47-79)89-57-35-26-20-14-6/h64,69-72H,9-63H2,1-8H3,(H,73,80)(H,74,81)(H,75,82)(H,76,83). The minimum Gasteiger partial charge on any atom is -0.351 e. The Hall–Kier alpha value is -2.56. The molecule has 0 bridgehead atoms. The molecule has 0 aromatic rings. The number of carbonyl (C=O) groups excluding carboxylic acids is 4. The Kier molecular flexibility index (Phi) is 61.5. The van der Waals surface area contributed by atoms with Crippen LogP contribution in [0.3, 0.4) is 0 Å². The third kappa shape index (κ3) is 56.3. The maximum absolute atomic E-state index is 13.6. The van der Waals surface area contributed by atoms with Gasteiger partial charge in [-0.2, -0.15) is 0 Å². The number of unbranched alkanes of at least 4 members (excludes halogenated alkanes) is 18. The van der Waals surface area contributed by atoms with Crippen LogP contribution in [0.15, 0.2) is 0 Å². The van der Waals surface area contributed by atoms with E-state index in [-0.39, 0.29) is 75.5 Å². The van der Waals surface area contributed by atoms with Gasteiger partial charge in [0.05, 0.1) is 26.2 Å². The lowest BCUT2D eigenvalue weighted by Gasteiger charge is -2.28. The van der Waals surface area contributed by atoms with E-state index in [4.69, 9.17) is 37.9 Å². The van der Waals surface area contributed by atoms with E-state index in [9.17, 15) is 19.2 Å². The van der Waals surface area contributed by atoms with Gasteiger partial charge in [0.2, 0.25) is 23.6 Å². The molecular weight excluding hydrogens is 1150 g/mol. The van der Waals surface area contributed by atoms with Crippen LogP contribution in [-0.4, -0.2) is 202 Å². The van der Waals surface area contributed by atoms with Crippen LogP contribution in [0.25, 0.3) is 0 Å². The largest absolute Gasteiger partial charge is 0.351 e. The van der Waals surface area contributed by atoms with E-state index < -0.39 is 25.2 Å². The molecule has 4 amide bonds. The van der Waals surface area contributed by atoms with E-state index in [0.29, 0.717) is 111 Å². The van der Waals surface area contributed by atoms with Gasteiger partial charge in [-0.1, -0.05) is 196 Å². The zero-order valence-corrected chi connectivity index (χ0v) is 60.0. The van der Waals surface area contributed by atoms with Gasteiger partial charge in [0.25, 0.3) is 0 Å². The molecule has 1 rings (SSSR count). The number of nitrogens with zero attached hydrogens (tertiary/aromatic N) is 3. The molecule has 19 heteroatoms. The fourth-order valence-corrected chi connectivity index (χ4v) is 10.7. The van der Waals surface area contributed by atoms with E-state index in [1.807, 2.05) is 0 Å². The normalized spacial score (nSPS) is 18.0. The Morgan fingerprint density at radius 3 is 1.26 bits per heavy atom. The lowest BCUT2D eigenvalue weighted by molar-refractivity contribution is -0.146. The number of nitrogens with one attached hydrogen (secondary N) is 4. The van der Waals surface area contributed by atoms with Crippen LogP contribution in [0.4, 0.5) is 0 Å². The van der Waals surface area contributed by atoms with Crippen molar-refractivity contribution in [1.82, 2.24) is 36.0 Å². The number of amides is 4. The molecule has 0 saturated carbocycles. The third-order valence-electron chi connectivity index (χ3n) is 16.9. The zero-order valence-electron chi connectivity index (χ0n) is 60.0. The summed E-state index contributed by atoms with van der Waals surface area (Å²) in [7, 11) is 2.07. The minimum atomic E-state index is -0.511. The number of hydrogen-bond donors (Lipinski definition) is 4. The summed E-state index contributed by atoms with van der Waals surface area (Å²) in [5, 5.41) is 12.4. The molecular formula is C72H143N7O12. The van der Waals surface area contributed by atoms with E-state index in [0.717, 1.165) is 193 Å². The summed E-state index contributed by atoms with van der Waals surface area (Å²) < 4.78 is 49.5. The number of ether oxygens (including phenoxy) is 8. The van der Waals surface area contributed by atoms with Gasteiger partial charge in [-0.05, 0) is 64.3 Å². The highest BCUT2D eigenvalue weighted by Gasteiger charge is 2.20. The Labute approximate surface area is 557 Å². The first kappa shape index (κ1) is 86.5. The van der Waals surface area contributed by atoms with Gasteiger partial charge in [-0.3, -0.25) is 19.2 Å². The molecule has 0 aromatic carbocycles. The zero-order chi connectivity index (χ0) is 66.3. The average molecular weight is 1300 g/mol. The van der Waals surface area contributed by atoms with Gasteiger partial charge < -0.3 is 73.9 Å². The van der Waals surface area contributed by atoms with Gasteiger partial charge in [0.15, 0.2) is 25.2 Å². The molecule has 1 aliphatic rings. The smallest absolute Gasteiger partial charge is 0.221 e. The molecule has 91 heavy (non-hydrogen) atoms. The van der Waals surface area contributed by atoms with Gasteiger partial charge in [-0.15, -0.1) is 0 Å². The number of rotatable bonds is 52. The van der Waals surface area contributed by atoms with Crippen molar-refractivity contribution in [3.05, 3.63) is 0 Å². The van der Waals surface area contributed by atoms with E-state index in [1.165, 1.54) is 6.42 Å². The summed E-state index contributed by atoms with van der Waals surface area (Å²) in [6.45, 7) is 25.7. The predicted molar refractivity (Wildman–Crippen MR) is 370 cm³/mol. The van der Waals surface area contributed by atoms with Crippen molar-refractivity contribution in [1.29, 1.82) is 0 Å². The van der Waals surface area contributed by atoms with Crippen molar-refractivity contribution in [2.45, 2.75) is 298 Å². The van der Waals surface area contributed by atoms with Crippen LogP contribution >= 0.6 is 0 Å². The molecule has 0 spiro atoms. The Bertz CT molecular complexity index is 1560. The molecule has 1 saturated heterocycles. The number of likely N-dealkylation sites (N-methyl/N-ethyl adjacent to an activating group) is 1. The molecule has 1 fully saturated rings. The van der Waals surface area contributed by atoms with Crippen LogP contribution in [0.1, 0.15) is 273 Å². The van der Waals surface area contributed by atoms with Gasteiger partial charge >= 0.3 is 0 Å². The lowest BCUT2D eigenvalue weighted by atomic mass is 9.97. The van der Waals surface area contributed by atoms with Gasteiger partial charge in [0, 0.05) is 131 Å². The summed E-state index contributed by atoms with van der Waals surface area (Å²) in [4.78, 5) is 61.1. The highest BCUT2D eigenvalue weighted by molar-refractivity contribution is 5.77. The fraction of sp³-hybridized carbons (Fsp3) is 0.944. The van der Waals surface area contributed by atoms with Gasteiger partial charge in [0.1, 0.15) is 0 Å². The number of hydrogen-bond acceptors (Lipinski definition) is 15. The molecule has 3 unspecified atom stereocenters. The monoisotopic (exact) mass is 1300 g/mol. The third-order valence-corrected chi connectivity index (χ3v) is 16.9. The summed E-state index contributed by atoms with van der Waals surface area (Å²) >= 11 is 0. The van der Waals surface area contributed by atoms with E-state index in [1.54, 1.807) is 0 Å². The molecule has 1 heterocycles. The maximum Gasteiger partial charge on any atom is 0.221 e. The molecule has 4 N–H and O–H groups in total. The topological polar surface area (TPSA) is 200 Å². The quantitative estimate of drug-likeness (QED) is 0.0331. The number of carbonyl (C=O) groups is 4. The SMILES string of the molecule is CCCCCCOC(CNC(=O)CCN(CCC(=O)NCC(OCCCCCC)OCCCCCC)CCN(C)CCN1CCC(=O)NCC(OCCCCCC)OCCCCCC(C)CCCCOC(OCCCCCC)CNC(=O)CC1)OCCCCCC. The minimum absolute atomic E-state index is 0.0916. The van der Waals surface area contributed by atoms with Crippen molar-refractivity contribution in [2.24, 2.45) is 5.92 Å². The fourth-order valence-electron chi connectivity index (χ4n) is 10.7. The van der Waals surface area contributed by atoms with Crippen LogP contribution in [-0.2, 0) is 57.1 Å². The van der Waals surface area contributed by atoms with E-state index in [2.05, 4.69) is 91.5 Å². The molecule has 1 aliphatic heterocycles. The van der Waals surface area contributed by atoms with Crippen LogP contribution in [0.5, 0.6) is 0 Å². The van der Waals surface area contributed by atoms with Crippen molar-refractivity contribution in [3.63, 3.8) is 0 Å². The predicted octanol–water partition coefficient (Wildman–Crippen LogP) is 12.8. The molecule has 3 atom stereocenters. The van der Waals surface area contributed by atoms with Crippen molar-refractivity contribution >= 4 is 23.6 Å². The second-order valence-corrected chi connectivity index (χ2v) is 25.7. The Morgan fingerprint density at radius 2 is 0.868 bits per heavy atom. The molecule has 0 aliphatic carbocycles. The first-order chi connectivity index (χ1) is 44.5. The summed E-state index contributed by atoms with van der Waals surface area (Å²) in [5.74, 6) is 0.260. The van der Waals surface area contributed by atoms with Crippen molar-refractivity contribution in [2.75, 3.05) is 138 Å². The molecule has 0 aromatic heterocycles. The lowest BCUT2D eigenvalue weighted by Crippen LogP contribution is -2.43. The second kappa shape index (κ2) is 64.8. The summed E-state index contributed by atoms with van der Waals surface area (Å²) in [6, 6.07) is 0. The Balaban J connectivity index is 3.27. The van der Waals surface area contributed by atoms with Crippen molar-refractivity contribution in [3.8, 4) is 0 Å². The first-order valence-corrected chi connectivity index (χ1v) is 37.6. The molecule has 19 nitrogen and oxygen atoms in total. The summed E-state index contributed by atoms with van der Waals surface area (Å²) in [6.07, 6.45) is 32.7. The Morgan fingerprint density at radius 1 is 0.495 bits per heavy atom. The summed E-state index contributed by atoms with van der Waals surface area (Å²) in [5.41, 5.74) is 0. The van der Waals surface area contributed by atoms with Crippen LogP contribution < -0.4 is 21.3 Å².